The summed E-state index contributed by atoms with van der Waals surface area (Å²) in [5.74, 6) is 0.0151. The molecule has 25 heavy (non-hydrogen) atoms. The number of rotatable bonds is 3. The Morgan fingerprint density at radius 3 is 3.00 bits per heavy atom. The second-order valence-electron chi connectivity index (χ2n) is 7.56. The SMILES string of the molecule is CCC1(CO)CCC(n2cnc3c4c(c(Cl)nc32)C(=O)CC(C)N4)C1. The van der Waals surface area contributed by atoms with Crippen LogP contribution >= 0.6 is 11.6 Å². The van der Waals surface area contributed by atoms with Gasteiger partial charge in [0, 0.05) is 25.1 Å². The van der Waals surface area contributed by atoms with E-state index in [1.807, 2.05) is 6.92 Å². The molecule has 3 atom stereocenters. The molecule has 1 aliphatic heterocycles. The molecule has 2 N–H and O–H groups in total. The lowest BCUT2D eigenvalue weighted by Crippen LogP contribution is -2.27. The molecule has 0 saturated heterocycles. The Kier molecular flexibility index (Phi) is 4.00. The first kappa shape index (κ1) is 16.8. The van der Waals surface area contributed by atoms with Crippen LogP contribution in [0.15, 0.2) is 6.33 Å². The Balaban J connectivity index is 1.80. The molecule has 6 nitrogen and oxygen atoms in total. The van der Waals surface area contributed by atoms with E-state index in [9.17, 15) is 9.90 Å². The zero-order valence-corrected chi connectivity index (χ0v) is 15.3. The number of halogens is 1. The van der Waals surface area contributed by atoms with Crippen molar-refractivity contribution in [2.45, 2.75) is 58.0 Å². The van der Waals surface area contributed by atoms with E-state index in [2.05, 4.69) is 26.8 Å². The Morgan fingerprint density at radius 2 is 2.32 bits per heavy atom. The zero-order valence-electron chi connectivity index (χ0n) is 14.5. The number of carbonyl (C=O) groups excluding carboxylic acids is 1. The Bertz CT molecular complexity index is 843. The minimum atomic E-state index is -0.0119. The third-order valence-electron chi connectivity index (χ3n) is 5.98. The number of nitrogens with zero attached hydrogens (tertiary/aromatic N) is 3. The van der Waals surface area contributed by atoms with Gasteiger partial charge in [0.2, 0.25) is 0 Å². The highest BCUT2D eigenvalue weighted by atomic mass is 35.5. The number of anilines is 1. The van der Waals surface area contributed by atoms with Crippen molar-refractivity contribution >= 4 is 34.2 Å². The van der Waals surface area contributed by atoms with E-state index in [1.165, 1.54) is 0 Å². The number of aliphatic hydroxyl groups excluding tert-OH is 1. The average Bonchev–Trinajstić information content (AvgIpc) is 3.18. The van der Waals surface area contributed by atoms with Crippen LogP contribution in [-0.2, 0) is 0 Å². The summed E-state index contributed by atoms with van der Waals surface area (Å²) in [5.41, 5.74) is 2.58. The summed E-state index contributed by atoms with van der Waals surface area (Å²) in [4.78, 5) is 21.4. The van der Waals surface area contributed by atoms with Crippen molar-refractivity contribution in [1.29, 1.82) is 0 Å². The van der Waals surface area contributed by atoms with Crippen LogP contribution in [0.4, 0.5) is 5.69 Å². The smallest absolute Gasteiger partial charge is 0.170 e. The lowest BCUT2D eigenvalue weighted by molar-refractivity contribution is 0.0974. The van der Waals surface area contributed by atoms with Crippen LogP contribution in [0.1, 0.15) is 62.4 Å². The van der Waals surface area contributed by atoms with Gasteiger partial charge in [-0.3, -0.25) is 4.79 Å². The van der Waals surface area contributed by atoms with Crippen molar-refractivity contribution in [3.05, 3.63) is 17.0 Å². The molecule has 134 valence electrons. The molecule has 0 radical (unpaired) electrons. The van der Waals surface area contributed by atoms with Gasteiger partial charge in [-0.05, 0) is 38.0 Å². The Labute approximate surface area is 151 Å². The highest BCUT2D eigenvalue weighted by Crippen LogP contribution is 2.47. The molecule has 2 aliphatic rings. The number of fused-ring (bicyclic) bond motifs is 3. The minimum Gasteiger partial charge on any atom is -0.396 e. The number of imidazole rings is 1. The summed E-state index contributed by atoms with van der Waals surface area (Å²) in [7, 11) is 0. The van der Waals surface area contributed by atoms with Crippen molar-refractivity contribution in [2.24, 2.45) is 5.41 Å². The van der Waals surface area contributed by atoms with Crippen LogP contribution in [0.2, 0.25) is 5.15 Å². The topological polar surface area (TPSA) is 80.0 Å². The first-order chi connectivity index (χ1) is 12.0. The molecule has 3 unspecified atom stereocenters. The number of aliphatic hydroxyl groups is 1. The van der Waals surface area contributed by atoms with Crippen LogP contribution in [-0.4, -0.2) is 38.1 Å². The van der Waals surface area contributed by atoms with Gasteiger partial charge in [0.05, 0.1) is 17.6 Å². The zero-order chi connectivity index (χ0) is 17.8. The van der Waals surface area contributed by atoms with Crippen LogP contribution < -0.4 is 5.32 Å². The van der Waals surface area contributed by atoms with Crippen molar-refractivity contribution in [2.75, 3.05) is 11.9 Å². The van der Waals surface area contributed by atoms with Crippen molar-refractivity contribution in [3.63, 3.8) is 0 Å². The molecule has 0 bridgehead atoms. The molecule has 3 heterocycles. The number of carbonyl (C=O) groups is 1. The number of ketones is 1. The number of hydrogen-bond donors (Lipinski definition) is 2. The average molecular weight is 363 g/mol. The number of nitrogens with one attached hydrogen (secondary N) is 1. The van der Waals surface area contributed by atoms with E-state index in [0.29, 0.717) is 28.8 Å². The molecule has 2 aromatic heterocycles. The molecule has 0 aromatic carbocycles. The van der Waals surface area contributed by atoms with E-state index in [4.69, 9.17) is 11.6 Å². The molecular formula is C18H23ClN4O2. The largest absolute Gasteiger partial charge is 0.396 e. The first-order valence-electron chi connectivity index (χ1n) is 8.94. The number of aromatic nitrogens is 3. The summed E-state index contributed by atoms with van der Waals surface area (Å²) < 4.78 is 2.07. The molecular weight excluding hydrogens is 340 g/mol. The quantitative estimate of drug-likeness (QED) is 0.815. The van der Waals surface area contributed by atoms with E-state index in [-0.39, 0.29) is 35.0 Å². The standard InChI is InChI=1S/C18H23ClN4O2/c1-3-18(8-24)5-4-11(7-18)23-9-20-15-14-13(16(19)22-17(15)23)12(25)6-10(2)21-14/h9-11,21,24H,3-8H2,1-2H3. The van der Waals surface area contributed by atoms with E-state index in [1.54, 1.807) is 6.33 Å². The summed E-state index contributed by atoms with van der Waals surface area (Å²) in [6, 6.07) is 0.302. The van der Waals surface area contributed by atoms with Crippen LogP contribution in [0.5, 0.6) is 0 Å². The lowest BCUT2D eigenvalue weighted by Gasteiger charge is -2.25. The maximum Gasteiger partial charge on any atom is 0.170 e. The van der Waals surface area contributed by atoms with Gasteiger partial charge in [0.1, 0.15) is 10.7 Å². The highest BCUT2D eigenvalue weighted by Gasteiger charge is 2.39. The van der Waals surface area contributed by atoms with Gasteiger partial charge in [-0.15, -0.1) is 0 Å². The summed E-state index contributed by atoms with van der Waals surface area (Å²) in [6.45, 7) is 4.32. The Morgan fingerprint density at radius 1 is 1.52 bits per heavy atom. The normalized spacial score (nSPS) is 29.0. The fourth-order valence-electron chi connectivity index (χ4n) is 4.34. The van der Waals surface area contributed by atoms with Crippen molar-refractivity contribution in [1.82, 2.24) is 14.5 Å². The molecule has 1 aliphatic carbocycles. The number of Topliss-reactive ketones (excluding diaryl/α,β-unsaturated/α-hetero) is 1. The number of pyridine rings is 1. The van der Waals surface area contributed by atoms with Gasteiger partial charge < -0.3 is 15.0 Å². The molecule has 0 amide bonds. The van der Waals surface area contributed by atoms with Gasteiger partial charge >= 0.3 is 0 Å². The molecule has 4 rings (SSSR count). The fraction of sp³-hybridized carbons (Fsp3) is 0.611. The van der Waals surface area contributed by atoms with Gasteiger partial charge in [-0.1, -0.05) is 18.5 Å². The van der Waals surface area contributed by atoms with Crippen LogP contribution in [0.25, 0.3) is 11.2 Å². The predicted octanol–water partition coefficient (Wildman–Crippen LogP) is 3.59. The third kappa shape index (κ3) is 2.54. The van der Waals surface area contributed by atoms with Gasteiger partial charge in [-0.2, -0.15) is 0 Å². The predicted molar refractivity (Wildman–Crippen MR) is 97.3 cm³/mol. The van der Waals surface area contributed by atoms with Crippen molar-refractivity contribution in [3.8, 4) is 0 Å². The lowest BCUT2D eigenvalue weighted by atomic mass is 9.84. The summed E-state index contributed by atoms with van der Waals surface area (Å²) in [5, 5.41) is 13.4. The maximum absolute atomic E-state index is 12.4. The van der Waals surface area contributed by atoms with Crippen molar-refractivity contribution < 1.29 is 9.90 Å². The Hall–Kier alpha value is -1.66. The second kappa shape index (κ2) is 5.95. The minimum absolute atomic E-state index is 0.0119. The van der Waals surface area contributed by atoms with Crippen LogP contribution in [0, 0.1) is 5.41 Å². The number of hydrogen-bond acceptors (Lipinski definition) is 5. The molecule has 7 heteroatoms. The highest BCUT2D eigenvalue weighted by molar-refractivity contribution is 6.34. The summed E-state index contributed by atoms with van der Waals surface area (Å²) in [6.07, 6.45) is 6.07. The molecule has 1 saturated carbocycles. The molecule has 1 fully saturated rings. The molecule has 2 aromatic rings. The van der Waals surface area contributed by atoms with Crippen LogP contribution in [0.3, 0.4) is 0 Å². The second-order valence-corrected chi connectivity index (χ2v) is 7.92. The monoisotopic (exact) mass is 362 g/mol. The van der Waals surface area contributed by atoms with E-state index < -0.39 is 0 Å². The first-order valence-corrected chi connectivity index (χ1v) is 9.32. The van der Waals surface area contributed by atoms with Gasteiger partial charge in [0.15, 0.2) is 11.4 Å². The fourth-order valence-corrected chi connectivity index (χ4v) is 4.62. The third-order valence-corrected chi connectivity index (χ3v) is 6.25. The van der Waals surface area contributed by atoms with Gasteiger partial charge in [0.25, 0.3) is 0 Å². The molecule has 0 spiro atoms. The summed E-state index contributed by atoms with van der Waals surface area (Å²) >= 11 is 6.36. The van der Waals surface area contributed by atoms with E-state index in [0.717, 1.165) is 25.7 Å². The maximum atomic E-state index is 12.4. The van der Waals surface area contributed by atoms with E-state index >= 15 is 0 Å². The van der Waals surface area contributed by atoms with Gasteiger partial charge in [-0.25, -0.2) is 9.97 Å².